The van der Waals surface area contributed by atoms with Gasteiger partial charge in [-0.25, -0.2) is 9.89 Å². The molecular weight excluding hydrogens is 278 g/mol. The quantitative estimate of drug-likeness (QED) is 0.794. The van der Waals surface area contributed by atoms with E-state index in [2.05, 4.69) is 10.2 Å². The third-order valence-electron chi connectivity index (χ3n) is 2.72. The number of H-pyrrole nitrogens is 1. The smallest absolute Gasteiger partial charge is 0.343 e. The van der Waals surface area contributed by atoms with Gasteiger partial charge in [0.15, 0.2) is 5.16 Å². The normalized spacial score (nSPS) is 12.2. The number of carboxylic acids is 1. The van der Waals surface area contributed by atoms with Crippen molar-refractivity contribution < 1.29 is 9.90 Å². The summed E-state index contributed by atoms with van der Waals surface area (Å²) in [6, 6.07) is 8.90. The molecule has 0 saturated carbocycles. The van der Waals surface area contributed by atoms with Gasteiger partial charge in [-0.2, -0.15) is 0 Å². The summed E-state index contributed by atoms with van der Waals surface area (Å²) in [5, 5.41) is 15.2. The first-order chi connectivity index (χ1) is 9.63. The second kappa shape index (κ2) is 6.42. The number of carbonyl (C=O) groups is 1. The van der Waals surface area contributed by atoms with E-state index in [-0.39, 0.29) is 5.69 Å². The van der Waals surface area contributed by atoms with Crippen LogP contribution in [0.2, 0.25) is 0 Å². The maximum absolute atomic E-state index is 11.6. The number of aromatic nitrogens is 3. The van der Waals surface area contributed by atoms with E-state index < -0.39 is 11.2 Å². The highest BCUT2D eigenvalue weighted by Crippen LogP contribution is 2.33. The van der Waals surface area contributed by atoms with Crippen LogP contribution in [0, 0.1) is 0 Å². The molecule has 6 nitrogen and oxygen atoms in total. The number of hydrogen-bond acceptors (Lipinski definition) is 4. The van der Waals surface area contributed by atoms with E-state index in [1.54, 1.807) is 24.3 Å². The molecule has 1 atom stereocenters. The molecule has 7 heteroatoms. The molecule has 1 aromatic heterocycles. The third kappa shape index (κ3) is 3.11. The molecule has 2 aromatic rings. The van der Waals surface area contributed by atoms with Crippen molar-refractivity contribution in [2.75, 3.05) is 0 Å². The Morgan fingerprint density at radius 1 is 1.45 bits per heavy atom. The van der Waals surface area contributed by atoms with Gasteiger partial charge in [-0.05, 0) is 12.0 Å². The van der Waals surface area contributed by atoms with Gasteiger partial charge in [0.2, 0.25) is 0 Å². The van der Waals surface area contributed by atoms with Crippen LogP contribution in [0.1, 0.15) is 24.2 Å². The van der Waals surface area contributed by atoms with Gasteiger partial charge in [-0.15, -0.1) is 5.10 Å². The second-order valence-corrected chi connectivity index (χ2v) is 5.28. The fraction of sp³-hybridized carbons (Fsp3) is 0.308. The van der Waals surface area contributed by atoms with Crippen LogP contribution in [-0.2, 0) is 11.3 Å². The van der Waals surface area contributed by atoms with Crippen LogP contribution < -0.4 is 5.69 Å². The summed E-state index contributed by atoms with van der Waals surface area (Å²) in [7, 11) is 0. The number of nitrogens with one attached hydrogen (secondary N) is 1. The van der Waals surface area contributed by atoms with E-state index in [0.29, 0.717) is 17.3 Å². The Morgan fingerprint density at radius 3 is 2.75 bits per heavy atom. The highest BCUT2D eigenvalue weighted by Gasteiger charge is 2.24. The van der Waals surface area contributed by atoms with E-state index in [4.69, 9.17) is 0 Å². The highest BCUT2D eigenvalue weighted by atomic mass is 32.2. The number of aliphatic carboxylic acids is 1. The molecule has 0 aliphatic heterocycles. The monoisotopic (exact) mass is 293 g/mol. The van der Waals surface area contributed by atoms with Crippen molar-refractivity contribution in [2.24, 2.45) is 0 Å². The number of nitrogens with zero attached hydrogens (tertiary/aromatic N) is 2. The van der Waals surface area contributed by atoms with Crippen LogP contribution >= 0.6 is 11.8 Å². The zero-order chi connectivity index (χ0) is 14.5. The van der Waals surface area contributed by atoms with Crippen molar-refractivity contribution in [3.8, 4) is 0 Å². The number of rotatable bonds is 6. The molecule has 0 radical (unpaired) electrons. The van der Waals surface area contributed by atoms with E-state index >= 15 is 0 Å². The molecule has 0 fully saturated rings. The molecular formula is C13H15N3O3S. The second-order valence-electron chi connectivity index (χ2n) is 4.21. The lowest BCUT2D eigenvalue weighted by atomic mass is 10.1. The van der Waals surface area contributed by atoms with Crippen molar-refractivity contribution in [2.45, 2.75) is 30.3 Å². The molecule has 0 aliphatic rings. The van der Waals surface area contributed by atoms with Crippen LogP contribution in [0.3, 0.4) is 0 Å². The van der Waals surface area contributed by atoms with Gasteiger partial charge < -0.3 is 5.11 Å². The maximum atomic E-state index is 11.6. The molecule has 2 N–H and O–H groups in total. The van der Waals surface area contributed by atoms with E-state index in [0.717, 1.165) is 18.2 Å². The summed E-state index contributed by atoms with van der Waals surface area (Å²) >= 11 is 1.06. The van der Waals surface area contributed by atoms with Gasteiger partial charge >= 0.3 is 11.7 Å². The molecule has 0 aliphatic carbocycles. The van der Waals surface area contributed by atoms with Crippen LogP contribution in [0.4, 0.5) is 0 Å². The van der Waals surface area contributed by atoms with Crippen molar-refractivity contribution >= 4 is 17.7 Å². The molecule has 0 spiro atoms. The summed E-state index contributed by atoms with van der Waals surface area (Å²) < 4.78 is 1.46. The summed E-state index contributed by atoms with van der Waals surface area (Å²) in [6.07, 6.45) is 0.774. The summed E-state index contributed by atoms with van der Waals surface area (Å²) in [5.74, 6) is -0.959. The Labute approximate surface area is 119 Å². The van der Waals surface area contributed by atoms with Crippen LogP contribution in [0.25, 0.3) is 0 Å². The Bertz CT molecular complexity index is 636. The first-order valence-electron chi connectivity index (χ1n) is 6.23. The molecule has 20 heavy (non-hydrogen) atoms. The molecule has 1 heterocycles. The van der Waals surface area contributed by atoms with Gasteiger partial charge in [0.25, 0.3) is 0 Å². The Hall–Kier alpha value is -2.02. The lowest BCUT2D eigenvalue weighted by Crippen LogP contribution is -2.18. The number of thioether (sulfide) groups is 1. The molecule has 2 rings (SSSR count). The first-order valence-corrected chi connectivity index (χ1v) is 7.11. The predicted octanol–water partition coefficient (Wildman–Crippen LogP) is 1.90. The van der Waals surface area contributed by atoms with Gasteiger partial charge in [0, 0.05) is 6.54 Å². The van der Waals surface area contributed by atoms with E-state index in [1.807, 2.05) is 13.0 Å². The summed E-state index contributed by atoms with van der Waals surface area (Å²) in [5.41, 5.74) is 0.357. The Balaban J connectivity index is 2.30. The topological polar surface area (TPSA) is 88.0 Å². The molecule has 0 amide bonds. The fourth-order valence-electron chi connectivity index (χ4n) is 1.81. The molecule has 1 unspecified atom stereocenters. The average molecular weight is 293 g/mol. The number of carboxylic acid groups (broad SMARTS) is 1. The van der Waals surface area contributed by atoms with Crippen molar-refractivity contribution in [3.05, 3.63) is 46.4 Å². The predicted molar refractivity (Wildman–Crippen MR) is 75.8 cm³/mol. The third-order valence-corrected chi connectivity index (χ3v) is 3.95. The minimum absolute atomic E-state index is 0.313. The lowest BCUT2D eigenvalue weighted by molar-refractivity contribution is -0.136. The number of benzene rings is 1. The van der Waals surface area contributed by atoms with E-state index in [1.165, 1.54) is 4.57 Å². The first kappa shape index (κ1) is 14.4. The average Bonchev–Trinajstić information content (AvgIpc) is 2.78. The number of hydrogen-bond donors (Lipinski definition) is 2. The largest absolute Gasteiger partial charge is 0.480 e. The maximum Gasteiger partial charge on any atom is 0.343 e. The molecule has 1 aromatic carbocycles. The van der Waals surface area contributed by atoms with Crippen LogP contribution in [-0.4, -0.2) is 25.8 Å². The molecule has 0 saturated heterocycles. The summed E-state index contributed by atoms with van der Waals surface area (Å²) in [4.78, 5) is 23.0. The minimum atomic E-state index is -0.959. The van der Waals surface area contributed by atoms with Crippen molar-refractivity contribution in [3.63, 3.8) is 0 Å². The lowest BCUT2D eigenvalue weighted by Gasteiger charge is -2.12. The van der Waals surface area contributed by atoms with Gasteiger partial charge in [0.05, 0.1) is 0 Å². The van der Waals surface area contributed by atoms with Crippen LogP contribution in [0.5, 0.6) is 0 Å². The minimum Gasteiger partial charge on any atom is -0.480 e. The Morgan fingerprint density at radius 2 is 2.15 bits per heavy atom. The van der Waals surface area contributed by atoms with Gasteiger partial charge in [-0.3, -0.25) is 9.36 Å². The zero-order valence-corrected chi connectivity index (χ0v) is 11.8. The zero-order valence-electron chi connectivity index (χ0n) is 10.9. The summed E-state index contributed by atoms with van der Waals surface area (Å²) in [6.45, 7) is 2.46. The fourth-order valence-corrected chi connectivity index (χ4v) is 2.81. The van der Waals surface area contributed by atoms with Crippen molar-refractivity contribution in [1.82, 2.24) is 14.8 Å². The number of aromatic amines is 1. The van der Waals surface area contributed by atoms with Crippen LogP contribution in [0.15, 0.2) is 40.3 Å². The van der Waals surface area contributed by atoms with Gasteiger partial charge in [-0.1, -0.05) is 49.0 Å². The molecule has 0 bridgehead atoms. The highest BCUT2D eigenvalue weighted by molar-refractivity contribution is 8.00. The SMILES string of the molecule is CCCn1c(SC(C(=O)O)c2ccccc2)n[nH]c1=O. The van der Waals surface area contributed by atoms with Gasteiger partial charge in [0.1, 0.15) is 5.25 Å². The molecule has 106 valence electrons. The standard InChI is InChI=1S/C13H15N3O3S/c1-2-8-16-12(19)14-15-13(16)20-10(11(17)18)9-6-4-3-5-7-9/h3-7,10H,2,8H2,1H3,(H,14,19)(H,17,18). The van der Waals surface area contributed by atoms with Crippen molar-refractivity contribution in [1.29, 1.82) is 0 Å². The van der Waals surface area contributed by atoms with E-state index in [9.17, 15) is 14.7 Å². The Kier molecular flexibility index (Phi) is 4.62.